The topological polar surface area (TPSA) is 119 Å². The first-order valence-corrected chi connectivity index (χ1v) is 5.65. The van der Waals surface area contributed by atoms with E-state index in [2.05, 4.69) is 14.8 Å². The van der Waals surface area contributed by atoms with E-state index in [0.717, 1.165) is 7.11 Å². The fraction of sp³-hybridized carbons (Fsp3) is 0.636. The fourth-order valence-electron chi connectivity index (χ4n) is 1.17. The highest BCUT2D eigenvalue weighted by molar-refractivity contribution is 5.88. The number of amides is 1. The van der Waals surface area contributed by atoms with Crippen molar-refractivity contribution in [3.05, 3.63) is 0 Å². The summed E-state index contributed by atoms with van der Waals surface area (Å²) in [4.78, 5) is 44.2. The van der Waals surface area contributed by atoms with Gasteiger partial charge in [-0.2, -0.15) is 0 Å². The van der Waals surface area contributed by atoms with Crippen LogP contribution in [0.4, 0.5) is 0 Å². The van der Waals surface area contributed by atoms with E-state index >= 15 is 0 Å². The molecule has 8 heteroatoms. The Morgan fingerprint density at radius 2 is 1.79 bits per heavy atom. The Morgan fingerprint density at radius 3 is 2.26 bits per heavy atom. The lowest BCUT2D eigenvalue weighted by Crippen LogP contribution is -2.42. The Labute approximate surface area is 110 Å². The van der Waals surface area contributed by atoms with Crippen LogP contribution in [0.1, 0.15) is 26.2 Å². The predicted octanol–water partition coefficient (Wildman–Crippen LogP) is -0.538. The molecule has 19 heavy (non-hydrogen) atoms. The normalized spacial score (nSPS) is 11.3. The molecule has 0 aromatic rings. The quantitative estimate of drug-likeness (QED) is 0.571. The number of ether oxygens (including phenoxy) is 2. The molecule has 0 unspecified atom stereocenters. The van der Waals surface area contributed by atoms with E-state index in [1.807, 2.05) is 0 Å². The van der Waals surface area contributed by atoms with Crippen LogP contribution in [-0.4, -0.2) is 48.7 Å². The van der Waals surface area contributed by atoms with Gasteiger partial charge in [-0.25, -0.2) is 4.79 Å². The van der Waals surface area contributed by atoms with E-state index in [1.165, 1.54) is 0 Å². The van der Waals surface area contributed by atoms with Gasteiger partial charge in [0, 0.05) is 6.42 Å². The third-order valence-corrected chi connectivity index (χ3v) is 2.09. The summed E-state index contributed by atoms with van der Waals surface area (Å²) in [7, 11) is 1.11. The SMILES string of the molecule is CCOC(=O)CCC(=O)N[C@@H](CC(=O)OC)C(=O)O. The Morgan fingerprint density at radius 1 is 1.16 bits per heavy atom. The highest BCUT2D eigenvalue weighted by atomic mass is 16.5. The molecule has 0 saturated carbocycles. The molecule has 0 rings (SSSR count). The van der Waals surface area contributed by atoms with Gasteiger partial charge in [-0.1, -0.05) is 0 Å². The number of esters is 2. The second-order valence-electron chi connectivity index (χ2n) is 3.54. The molecule has 108 valence electrons. The van der Waals surface area contributed by atoms with Gasteiger partial charge in [-0.3, -0.25) is 14.4 Å². The molecule has 0 heterocycles. The maximum atomic E-state index is 11.4. The second kappa shape index (κ2) is 8.90. The molecule has 1 atom stereocenters. The molecule has 0 bridgehead atoms. The van der Waals surface area contributed by atoms with Gasteiger partial charge in [0.25, 0.3) is 0 Å². The minimum atomic E-state index is -1.37. The Bertz CT molecular complexity index is 353. The highest BCUT2D eigenvalue weighted by Gasteiger charge is 2.23. The van der Waals surface area contributed by atoms with Crippen molar-refractivity contribution in [2.45, 2.75) is 32.2 Å². The van der Waals surface area contributed by atoms with Crippen LogP contribution >= 0.6 is 0 Å². The number of rotatable bonds is 8. The lowest BCUT2D eigenvalue weighted by Gasteiger charge is -2.13. The van der Waals surface area contributed by atoms with E-state index in [9.17, 15) is 19.2 Å². The molecule has 0 aromatic carbocycles. The van der Waals surface area contributed by atoms with Gasteiger partial charge in [-0.05, 0) is 6.92 Å². The maximum Gasteiger partial charge on any atom is 0.326 e. The standard InChI is InChI=1S/C11H17NO7/c1-3-19-9(14)5-4-8(13)12-7(11(16)17)6-10(15)18-2/h7H,3-6H2,1-2H3,(H,12,13)(H,16,17)/t7-/m0/s1. The number of aliphatic carboxylic acids is 1. The summed E-state index contributed by atoms with van der Waals surface area (Å²) in [6.07, 6.45) is -0.828. The van der Waals surface area contributed by atoms with Gasteiger partial charge in [-0.15, -0.1) is 0 Å². The second-order valence-corrected chi connectivity index (χ2v) is 3.54. The van der Waals surface area contributed by atoms with Gasteiger partial charge < -0.3 is 19.9 Å². The lowest BCUT2D eigenvalue weighted by molar-refractivity contribution is -0.149. The highest BCUT2D eigenvalue weighted by Crippen LogP contribution is 1.98. The maximum absolute atomic E-state index is 11.4. The summed E-state index contributed by atoms with van der Waals surface area (Å²) in [5.74, 6) is -3.30. The number of carbonyl (C=O) groups is 4. The van der Waals surface area contributed by atoms with Crippen molar-refractivity contribution in [1.82, 2.24) is 5.32 Å². The van der Waals surface area contributed by atoms with Crippen molar-refractivity contribution in [3.8, 4) is 0 Å². The van der Waals surface area contributed by atoms with Crippen LogP contribution in [0, 0.1) is 0 Å². The van der Waals surface area contributed by atoms with Crippen molar-refractivity contribution in [2.75, 3.05) is 13.7 Å². The number of carbonyl (C=O) groups excluding carboxylic acids is 3. The smallest absolute Gasteiger partial charge is 0.326 e. The van der Waals surface area contributed by atoms with Gasteiger partial charge in [0.15, 0.2) is 0 Å². The van der Waals surface area contributed by atoms with Gasteiger partial charge in [0.05, 0.1) is 26.6 Å². The molecule has 0 fully saturated rings. The van der Waals surface area contributed by atoms with Crippen LogP contribution in [0.15, 0.2) is 0 Å². The molecule has 1 amide bonds. The summed E-state index contributed by atoms with van der Waals surface area (Å²) >= 11 is 0. The Hall–Kier alpha value is -2.12. The number of hydrogen-bond donors (Lipinski definition) is 2. The Balaban J connectivity index is 4.21. The molecule has 0 aliphatic carbocycles. The molecule has 8 nitrogen and oxygen atoms in total. The fourth-order valence-corrected chi connectivity index (χ4v) is 1.17. The first-order chi connectivity index (χ1) is 8.90. The number of methoxy groups -OCH3 is 1. The molecular weight excluding hydrogens is 258 g/mol. The monoisotopic (exact) mass is 275 g/mol. The van der Waals surface area contributed by atoms with Crippen molar-refractivity contribution in [3.63, 3.8) is 0 Å². The average molecular weight is 275 g/mol. The minimum Gasteiger partial charge on any atom is -0.480 e. The molecule has 0 aliphatic rings. The summed E-state index contributed by atoms with van der Waals surface area (Å²) in [6, 6.07) is -1.37. The third-order valence-electron chi connectivity index (χ3n) is 2.09. The molecule has 0 aromatic heterocycles. The van der Waals surface area contributed by atoms with Gasteiger partial charge in [0.2, 0.25) is 5.91 Å². The van der Waals surface area contributed by atoms with E-state index in [4.69, 9.17) is 5.11 Å². The molecule has 0 radical (unpaired) electrons. The average Bonchev–Trinajstić information content (AvgIpc) is 2.35. The van der Waals surface area contributed by atoms with E-state index in [-0.39, 0.29) is 19.4 Å². The van der Waals surface area contributed by atoms with Crippen LogP contribution in [0.5, 0.6) is 0 Å². The molecular formula is C11H17NO7. The van der Waals surface area contributed by atoms with Crippen molar-refractivity contribution in [2.24, 2.45) is 0 Å². The zero-order valence-electron chi connectivity index (χ0n) is 10.8. The molecule has 2 N–H and O–H groups in total. The van der Waals surface area contributed by atoms with E-state index in [1.54, 1.807) is 6.92 Å². The van der Waals surface area contributed by atoms with E-state index in [0.29, 0.717) is 0 Å². The zero-order chi connectivity index (χ0) is 14.8. The summed E-state index contributed by atoms with van der Waals surface area (Å²) in [5.41, 5.74) is 0. The molecule has 0 spiro atoms. The third kappa shape index (κ3) is 7.74. The first-order valence-electron chi connectivity index (χ1n) is 5.65. The van der Waals surface area contributed by atoms with Crippen LogP contribution in [0.25, 0.3) is 0 Å². The van der Waals surface area contributed by atoms with E-state index < -0.39 is 36.3 Å². The van der Waals surface area contributed by atoms with Crippen molar-refractivity contribution < 1.29 is 33.8 Å². The molecule has 0 saturated heterocycles. The van der Waals surface area contributed by atoms with Crippen LogP contribution in [-0.2, 0) is 28.7 Å². The lowest BCUT2D eigenvalue weighted by atomic mass is 10.2. The van der Waals surface area contributed by atoms with Gasteiger partial charge in [0.1, 0.15) is 6.04 Å². The predicted molar refractivity (Wildman–Crippen MR) is 62.1 cm³/mol. The van der Waals surface area contributed by atoms with Crippen molar-refractivity contribution in [1.29, 1.82) is 0 Å². The van der Waals surface area contributed by atoms with Crippen LogP contribution in [0.3, 0.4) is 0 Å². The minimum absolute atomic E-state index is 0.149. The zero-order valence-corrected chi connectivity index (χ0v) is 10.8. The summed E-state index contributed by atoms with van der Waals surface area (Å²) < 4.78 is 8.93. The van der Waals surface area contributed by atoms with Crippen molar-refractivity contribution >= 4 is 23.8 Å². The Kier molecular flexibility index (Phi) is 7.90. The number of nitrogens with one attached hydrogen (secondary N) is 1. The molecule has 0 aliphatic heterocycles. The largest absolute Gasteiger partial charge is 0.480 e. The van der Waals surface area contributed by atoms with Crippen LogP contribution < -0.4 is 5.32 Å². The first kappa shape index (κ1) is 16.9. The number of hydrogen-bond acceptors (Lipinski definition) is 6. The van der Waals surface area contributed by atoms with Gasteiger partial charge >= 0.3 is 17.9 Å². The van der Waals surface area contributed by atoms with Crippen LogP contribution in [0.2, 0.25) is 0 Å². The summed E-state index contributed by atoms with van der Waals surface area (Å²) in [5, 5.41) is 10.9. The summed E-state index contributed by atoms with van der Waals surface area (Å²) in [6.45, 7) is 1.84. The number of carboxylic acid groups (broad SMARTS) is 1. The number of carboxylic acids is 1.